The van der Waals surface area contributed by atoms with Gasteiger partial charge in [-0.05, 0) is 49.2 Å². The molecule has 0 radical (unpaired) electrons. The fourth-order valence-corrected chi connectivity index (χ4v) is 6.68. The number of hydrogen-bond acceptors (Lipinski definition) is 6. The number of carbonyl (C=O) groups excluding carboxylic acids is 1. The Labute approximate surface area is 284 Å². The van der Waals surface area contributed by atoms with Gasteiger partial charge in [0.05, 0.1) is 10.6 Å². The normalized spacial score (nSPS) is 13.9. The molecule has 1 amide bonds. The highest BCUT2D eigenvalue weighted by Crippen LogP contribution is 2.36. The van der Waals surface area contributed by atoms with Crippen LogP contribution >= 0.6 is 24.0 Å². The second-order valence-corrected chi connectivity index (χ2v) is 13.1. The standard InChI is InChI=1S/C37H38FN3O4S2/c38-32-20-12-11-15-28(32)26-45-31-19-14-16-27(23-31)35-29(25-41(39-35)30-17-8-7-9-18-30)24-33-36(44)40(37(46)47-33)22-13-6-4-2-1-3-5-10-21-34(42)43/h7-9,11-12,14-20,23-25H,1-6,10,13,21-22,26H2,(H,42,43). The van der Waals surface area contributed by atoms with Crippen LogP contribution in [0, 0.1) is 5.82 Å². The van der Waals surface area contributed by atoms with Crippen molar-refractivity contribution < 1.29 is 23.8 Å². The molecule has 0 aliphatic carbocycles. The fraction of sp³-hybridized carbons (Fsp3) is 0.297. The van der Waals surface area contributed by atoms with Crippen molar-refractivity contribution in [2.24, 2.45) is 0 Å². The number of aliphatic carboxylic acids is 1. The first-order valence-corrected chi connectivity index (χ1v) is 17.2. The van der Waals surface area contributed by atoms with Gasteiger partial charge in [0.1, 0.15) is 28.2 Å². The summed E-state index contributed by atoms with van der Waals surface area (Å²) < 4.78 is 22.5. The van der Waals surface area contributed by atoms with Crippen molar-refractivity contribution in [1.82, 2.24) is 14.7 Å². The van der Waals surface area contributed by atoms with Gasteiger partial charge in [0, 0.05) is 35.9 Å². The molecule has 1 fully saturated rings. The number of aromatic nitrogens is 2. The van der Waals surface area contributed by atoms with E-state index < -0.39 is 5.97 Å². The summed E-state index contributed by atoms with van der Waals surface area (Å²) in [6.07, 6.45) is 11.9. The van der Waals surface area contributed by atoms with Gasteiger partial charge in [0.2, 0.25) is 0 Å². The van der Waals surface area contributed by atoms with E-state index in [-0.39, 0.29) is 24.8 Å². The van der Waals surface area contributed by atoms with Crippen molar-refractivity contribution in [1.29, 1.82) is 0 Å². The molecule has 47 heavy (non-hydrogen) atoms. The van der Waals surface area contributed by atoms with E-state index in [0.717, 1.165) is 68.2 Å². The maximum Gasteiger partial charge on any atom is 0.303 e. The molecular weight excluding hydrogens is 634 g/mol. The third-order valence-corrected chi connectivity index (χ3v) is 9.28. The Morgan fingerprint density at radius 2 is 1.62 bits per heavy atom. The summed E-state index contributed by atoms with van der Waals surface area (Å²) in [6, 6.07) is 23.8. The molecule has 2 heterocycles. The summed E-state index contributed by atoms with van der Waals surface area (Å²) in [5.74, 6) is -0.561. The van der Waals surface area contributed by atoms with Crippen LogP contribution in [0.2, 0.25) is 0 Å². The molecule has 244 valence electrons. The number of carbonyl (C=O) groups is 2. The van der Waals surface area contributed by atoms with Crippen LogP contribution in [-0.2, 0) is 16.2 Å². The Bertz CT molecular complexity index is 1720. The maximum absolute atomic E-state index is 14.2. The quantitative estimate of drug-likeness (QED) is 0.0681. The van der Waals surface area contributed by atoms with Crippen molar-refractivity contribution in [3.8, 4) is 22.7 Å². The van der Waals surface area contributed by atoms with Gasteiger partial charge in [-0.1, -0.05) is 111 Å². The number of ether oxygens (including phenoxy) is 1. The van der Waals surface area contributed by atoms with Gasteiger partial charge in [-0.25, -0.2) is 9.07 Å². The first-order chi connectivity index (χ1) is 22.9. The number of carboxylic acid groups (broad SMARTS) is 1. The summed E-state index contributed by atoms with van der Waals surface area (Å²) in [5, 5.41) is 13.6. The topological polar surface area (TPSA) is 84.7 Å². The lowest BCUT2D eigenvalue weighted by Gasteiger charge is -2.14. The highest BCUT2D eigenvalue weighted by atomic mass is 32.2. The zero-order valence-corrected chi connectivity index (χ0v) is 27.8. The number of hydrogen-bond donors (Lipinski definition) is 1. The summed E-state index contributed by atoms with van der Waals surface area (Å²) in [5.41, 5.74) is 3.60. The van der Waals surface area contributed by atoms with Crippen LogP contribution in [0.15, 0.2) is 90.0 Å². The molecule has 1 aliphatic heterocycles. The Morgan fingerprint density at radius 1 is 0.915 bits per heavy atom. The van der Waals surface area contributed by atoms with Gasteiger partial charge in [-0.15, -0.1) is 0 Å². The van der Waals surface area contributed by atoms with Crippen molar-refractivity contribution in [3.63, 3.8) is 0 Å². The van der Waals surface area contributed by atoms with Crippen LogP contribution in [0.1, 0.15) is 68.9 Å². The van der Waals surface area contributed by atoms with Gasteiger partial charge in [0.25, 0.3) is 5.91 Å². The lowest BCUT2D eigenvalue weighted by Crippen LogP contribution is -2.29. The molecule has 10 heteroatoms. The molecule has 1 aliphatic rings. The summed E-state index contributed by atoms with van der Waals surface area (Å²) in [6.45, 7) is 0.677. The molecule has 3 aromatic carbocycles. The Balaban J connectivity index is 1.26. The second kappa shape index (κ2) is 17.0. The lowest BCUT2D eigenvalue weighted by atomic mass is 10.1. The van der Waals surface area contributed by atoms with Gasteiger partial charge in [-0.2, -0.15) is 5.10 Å². The molecule has 1 N–H and O–H groups in total. The van der Waals surface area contributed by atoms with E-state index in [2.05, 4.69) is 0 Å². The van der Waals surface area contributed by atoms with E-state index in [9.17, 15) is 14.0 Å². The zero-order chi connectivity index (χ0) is 33.0. The highest BCUT2D eigenvalue weighted by Gasteiger charge is 2.32. The predicted octanol–water partition coefficient (Wildman–Crippen LogP) is 9.05. The number of nitrogens with zero attached hydrogens (tertiary/aromatic N) is 3. The number of unbranched alkanes of at least 4 members (excludes halogenated alkanes) is 7. The molecule has 1 aromatic heterocycles. The van der Waals surface area contributed by atoms with Crippen molar-refractivity contribution in [3.05, 3.63) is 107 Å². The van der Waals surface area contributed by atoms with Gasteiger partial charge < -0.3 is 9.84 Å². The third-order valence-electron chi connectivity index (χ3n) is 7.91. The second-order valence-electron chi connectivity index (χ2n) is 11.4. The number of benzene rings is 3. The average molecular weight is 672 g/mol. The Hall–Kier alpha value is -4.28. The Morgan fingerprint density at radius 3 is 2.36 bits per heavy atom. The first-order valence-electron chi connectivity index (χ1n) is 16.0. The number of carboxylic acids is 1. The largest absolute Gasteiger partial charge is 0.489 e. The molecular formula is C37H38FN3O4S2. The van der Waals surface area contributed by atoms with E-state index in [4.69, 9.17) is 27.2 Å². The van der Waals surface area contributed by atoms with Crippen molar-refractivity contribution in [2.75, 3.05) is 6.54 Å². The number of thioether (sulfide) groups is 1. The minimum absolute atomic E-state index is 0.0957. The maximum atomic E-state index is 14.2. The number of thiocarbonyl (C=S) groups is 1. The lowest BCUT2D eigenvalue weighted by molar-refractivity contribution is -0.137. The highest BCUT2D eigenvalue weighted by molar-refractivity contribution is 8.26. The minimum Gasteiger partial charge on any atom is -0.489 e. The molecule has 0 spiro atoms. The molecule has 0 bridgehead atoms. The summed E-state index contributed by atoms with van der Waals surface area (Å²) >= 11 is 6.92. The molecule has 1 saturated heterocycles. The molecule has 0 unspecified atom stereocenters. The van der Waals surface area contributed by atoms with Gasteiger partial charge >= 0.3 is 5.97 Å². The van der Waals surface area contributed by atoms with Crippen LogP contribution < -0.4 is 4.74 Å². The molecule has 0 atom stereocenters. The van der Waals surface area contributed by atoms with Crippen LogP contribution in [0.3, 0.4) is 0 Å². The van der Waals surface area contributed by atoms with Crippen LogP contribution in [-0.4, -0.2) is 42.5 Å². The van der Waals surface area contributed by atoms with E-state index in [0.29, 0.717) is 32.8 Å². The average Bonchev–Trinajstić information content (AvgIpc) is 3.61. The number of para-hydroxylation sites is 1. The molecule has 7 nitrogen and oxygen atoms in total. The number of amides is 1. The summed E-state index contributed by atoms with van der Waals surface area (Å²) in [7, 11) is 0. The van der Waals surface area contributed by atoms with Crippen molar-refractivity contribution in [2.45, 2.75) is 64.4 Å². The predicted molar refractivity (Wildman–Crippen MR) is 189 cm³/mol. The van der Waals surface area contributed by atoms with Crippen LogP contribution in [0.5, 0.6) is 5.75 Å². The summed E-state index contributed by atoms with van der Waals surface area (Å²) in [4.78, 5) is 26.4. The van der Waals surface area contributed by atoms with Crippen LogP contribution in [0.25, 0.3) is 23.0 Å². The smallest absolute Gasteiger partial charge is 0.303 e. The van der Waals surface area contributed by atoms with Crippen molar-refractivity contribution >= 4 is 46.3 Å². The van der Waals surface area contributed by atoms with E-state index >= 15 is 0 Å². The van der Waals surface area contributed by atoms with E-state index in [1.807, 2.05) is 66.9 Å². The molecule has 5 rings (SSSR count). The zero-order valence-electron chi connectivity index (χ0n) is 26.1. The molecule has 0 saturated carbocycles. The van der Waals surface area contributed by atoms with Gasteiger partial charge in [0.15, 0.2) is 0 Å². The number of halogens is 1. The number of rotatable bonds is 17. The SMILES string of the molecule is O=C(O)CCCCCCCCCCN1C(=O)C(=Cc2cn(-c3ccccc3)nc2-c2cccc(OCc3ccccc3F)c2)SC1=S. The Kier molecular flexibility index (Phi) is 12.3. The van der Waals surface area contributed by atoms with Crippen LogP contribution in [0.4, 0.5) is 4.39 Å². The third kappa shape index (κ3) is 9.62. The fourth-order valence-electron chi connectivity index (χ4n) is 5.38. The first kappa shape index (κ1) is 34.1. The minimum atomic E-state index is -0.729. The van der Waals surface area contributed by atoms with E-state index in [1.54, 1.807) is 27.8 Å². The van der Waals surface area contributed by atoms with E-state index in [1.165, 1.54) is 17.8 Å². The monoisotopic (exact) mass is 671 g/mol. The molecule has 4 aromatic rings. The van der Waals surface area contributed by atoms with Gasteiger partial charge in [-0.3, -0.25) is 14.5 Å².